The van der Waals surface area contributed by atoms with E-state index in [1.54, 1.807) is 0 Å². The molecule has 0 unspecified atom stereocenters. The molecule has 6 rings (SSSR count). The van der Waals surface area contributed by atoms with Gasteiger partial charge in [-0.2, -0.15) is 0 Å². The third-order valence-corrected chi connectivity index (χ3v) is 6.66. The highest BCUT2D eigenvalue weighted by Gasteiger charge is 2.12. The van der Waals surface area contributed by atoms with E-state index < -0.39 is 0 Å². The Balaban J connectivity index is 1.35. The third-order valence-electron chi connectivity index (χ3n) is 6.66. The van der Waals surface area contributed by atoms with Gasteiger partial charge in [0.25, 0.3) is 0 Å². The molecule has 0 fully saturated rings. The Morgan fingerprint density at radius 2 is 1.34 bits per heavy atom. The van der Waals surface area contributed by atoms with Crippen molar-refractivity contribution in [1.29, 1.82) is 0 Å². The van der Waals surface area contributed by atoms with E-state index >= 15 is 0 Å². The summed E-state index contributed by atoms with van der Waals surface area (Å²) in [6, 6.07) is 43.7. The van der Waals surface area contributed by atoms with Gasteiger partial charge in [0.1, 0.15) is 11.5 Å². The summed E-state index contributed by atoms with van der Waals surface area (Å²) >= 11 is 0. The van der Waals surface area contributed by atoms with Gasteiger partial charge in [-0.15, -0.1) is 0 Å². The topological polar surface area (TPSA) is 14.2 Å². The number of nitrogens with zero attached hydrogens (tertiary/aromatic N) is 1. The first-order chi connectivity index (χ1) is 18.8. The first-order valence-electron chi connectivity index (χ1n) is 12.7. The van der Waals surface area contributed by atoms with Crippen LogP contribution in [0.3, 0.4) is 0 Å². The lowest BCUT2D eigenvalue weighted by Gasteiger charge is -2.11. The van der Waals surface area contributed by atoms with Crippen LogP contribution in [0.4, 0.5) is 0 Å². The highest BCUT2D eigenvalue weighted by atomic mass is 16.5. The second kappa shape index (κ2) is 10.5. The Hall–Kier alpha value is -5.08. The van der Waals surface area contributed by atoms with Gasteiger partial charge in [0.2, 0.25) is 0 Å². The molecule has 0 saturated carbocycles. The van der Waals surface area contributed by atoms with E-state index in [4.69, 9.17) is 4.74 Å². The SMILES string of the molecule is C=C/C(=C\C=C\c1ccc2c(c1)c1ccccc1n2-c1ccccc1)c1ccccc1Oc1ccccc1. The van der Waals surface area contributed by atoms with Gasteiger partial charge in [-0.1, -0.05) is 110 Å². The van der Waals surface area contributed by atoms with Crippen molar-refractivity contribution < 1.29 is 4.74 Å². The van der Waals surface area contributed by atoms with Gasteiger partial charge < -0.3 is 9.30 Å². The molecule has 0 aliphatic rings. The zero-order chi connectivity index (χ0) is 25.7. The van der Waals surface area contributed by atoms with Crippen molar-refractivity contribution in [2.45, 2.75) is 0 Å². The molecule has 0 amide bonds. The number of allylic oxidation sites excluding steroid dienone is 4. The molecule has 6 aromatic rings. The second-order valence-corrected chi connectivity index (χ2v) is 9.06. The standard InChI is InChI=1S/C36H27NO/c1-2-28(31-20-10-12-23-36(31)38-30-18-7-4-8-19-30)15-13-14-27-24-25-35-33(26-27)32-21-9-11-22-34(32)37(35)29-16-5-3-6-17-29/h2-26H,1H2/b14-13+,28-15+. The van der Waals surface area contributed by atoms with Crippen molar-refractivity contribution >= 4 is 33.5 Å². The first-order valence-corrected chi connectivity index (χ1v) is 12.7. The summed E-state index contributed by atoms with van der Waals surface area (Å²) in [6.07, 6.45) is 8.16. The molecule has 38 heavy (non-hydrogen) atoms. The average Bonchev–Trinajstić information content (AvgIpc) is 3.31. The van der Waals surface area contributed by atoms with Crippen LogP contribution >= 0.6 is 0 Å². The fraction of sp³-hybridized carbons (Fsp3) is 0. The Morgan fingerprint density at radius 1 is 0.658 bits per heavy atom. The lowest BCUT2D eigenvalue weighted by molar-refractivity contribution is 0.481. The number of hydrogen-bond donors (Lipinski definition) is 0. The number of para-hydroxylation sites is 4. The normalized spacial score (nSPS) is 11.8. The van der Waals surface area contributed by atoms with Crippen LogP contribution in [0.15, 0.2) is 152 Å². The van der Waals surface area contributed by atoms with Gasteiger partial charge in [-0.3, -0.25) is 0 Å². The van der Waals surface area contributed by atoms with Crippen LogP contribution in [0, 0.1) is 0 Å². The molecule has 0 radical (unpaired) electrons. The maximum absolute atomic E-state index is 6.17. The molecule has 0 atom stereocenters. The van der Waals surface area contributed by atoms with E-state index in [0.717, 1.165) is 33.9 Å². The zero-order valence-electron chi connectivity index (χ0n) is 21.0. The highest BCUT2D eigenvalue weighted by molar-refractivity contribution is 6.09. The minimum Gasteiger partial charge on any atom is -0.457 e. The third kappa shape index (κ3) is 4.56. The van der Waals surface area contributed by atoms with Crippen LogP contribution in [0.5, 0.6) is 11.5 Å². The smallest absolute Gasteiger partial charge is 0.135 e. The monoisotopic (exact) mass is 489 g/mol. The first kappa shape index (κ1) is 23.3. The number of benzene rings is 5. The number of fused-ring (bicyclic) bond motifs is 3. The minimum absolute atomic E-state index is 0.799. The quantitative estimate of drug-likeness (QED) is 0.204. The minimum atomic E-state index is 0.799. The Morgan fingerprint density at radius 3 is 2.16 bits per heavy atom. The number of aromatic nitrogens is 1. The number of hydrogen-bond acceptors (Lipinski definition) is 1. The summed E-state index contributed by atoms with van der Waals surface area (Å²) in [5, 5.41) is 2.48. The van der Waals surface area contributed by atoms with E-state index in [0.29, 0.717) is 0 Å². The largest absolute Gasteiger partial charge is 0.457 e. The lowest BCUT2D eigenvalue weighted by Crippen LogP contribution is -1.92. The van der Waals surface area contributed by atoms with E-state index in [9.17, 15) is 0 Å². The van der Waals surface area contributed by atoms with Crippen molar-refractivity contribution in [3.63, 3.8) is 0 Å². The van der Waals surface area contributed by atoms with Crippen molar-refractivity contribution in [3.8, 4) is 17.2 Å². The average molecular weight is 490 g/mol. The fourth-order valence-corrected chi connectivity index (χ4v) is 4.89. The summed E-state index contributed by atoms with van der Waals surface area (Å²) in [7, 11) is 0. The van der Waals surface area contributed by atoms with Crippen LogP contribution in [-0.4, -0.2) is 4.57 Å². The zero-order valence-corrected chi connectivity index (χ0v) is 21.0. The predicted molar refractivity (Wildman–Crippen MR) is 161 cm³/mol. The predicted octanol–water partition coefficient (Wildman–Crippen LogP) is 9.86. The van der Waals surface area contributed by atoms with Gasteiger partial charge >= 0.3 is 0 Å². The van der Waals surface area contributed by atoms with Gasteiger partial charge in [0.15, 0.2) is 0 Å². The van der Waals surface area contributed by atoms with Crippen LogP contribution in [-0.2, 0) is 0 Å². The molecule has 0 aliphatic carbocycles. The van der Waals surface area contributed by atoms with E-state index in [-0.39, 0.29) is 0 Å². The summed E-state index contributed by atoms with van der Waals surface area (Å²) in [4.78, 5) is 0. The number of ether oxygens (including phenoxy) is 1. The molecule has 0 N–H and O–H groups in total. The summed E-state index contributed by atoms with van der Waals surface area (Å²) in [6.45, 7) is 4.06. The van der Waals surface area contributed by atoms with Crippen LogP contribution in [0.1, 0.15) is 11.1 Å². The Labute approximate surface area is 223 Å². The molecular formula is C36H27NO. The molecule has 0 aliphatic heterocycles. The van der Waals surface area contributed by atoms with E-state index in [2.05, 4.69) is 108 Å². The van der Waals surface area contributed by atoms with Crippen molar-refractivity contribution in [1.82, 2.24) is 4.57 Å². The van der Waals surface area contributed by atoms with Gasteiger partial charge in [0.05, 0.1) is 11.0 Å². The van der Waals surface area contributed by atoms with Gasteiger partial charge in [0, 0.05) is 22.0 Å². The highest BCUT2D eigenvalue weighted by Crippen LogP contribution is 2.33. The molecule has 0 spiro atoms. The van der Waals surface area contributed by atoms with Crippen LogP contribution in [0.2, 0.25) is 0 Å². The number of rotatable bonds is 7. The Bertz CT molecular complexity index is 1790. The second-order valence-electron chi connectivity index (χ2n) is 9.06. The van der Waals surface area contributed by atoms with Gasteiger partial charge in [-0.25, -0.2) is 0 Å². The summed E-state index contributed by atoms with van der Waals surface area (Å²) in [5.41, 5.74) is 6.70. The fourth-order valence-electron chi connectivity index (χ4n) is 4.89. The van der Waals surface area contributed by atoms with Crippen molar-refractivity contribution in [2.24, 2.45) is 0 Å². The molecule has 2 nitrogen and oxygen atoms in total. The van der Waals surface area contributed by atoms with Crippen molar-refractivity contribution in [2.75, 3.05) is 0 Å². The molecule has 1 heterocycles. The van der Waals surface area contributed by atoms with Crippen molar-refractivity contribution in [3.05, 3.63) is 163 Å². The molecule has 2 heteroatoms. The molecule has 1 aromatic heterocycles. The Kier molecular flexibility index (Phi) is 6.44. The summed E-state index contributed by atoms with van der Waals surface area (Å²) in [5.74, 6) is 1.61. The molecule has 0 saturated heterocycles. The van der Waals surface area contributed by atoms with Gasteiger partial charge in [-0.05, 0) is 59.7 Å². The molecule has 182 valence electrons. The molecule has 5 aromatic carbocycles. The summed E-state index contributed by atoms with van der Waals surface area (Å²) < 4.78 is 8.50. The van der Waals surface area contributed by atoms with E-state index in [1.807, 2.05) is 54.6 Å². The van der Waals surface area contributed by atoms with E-state index in [1.165, 1.54) is 21.8 Å². The maximum atomic E-state index is 6.17. The van der Waals surface area contributed by atoms with Crippen LogP contribution < -0.4 is 4.74 Å². The maximum Gasteiger partial charge on any atom is 0.135 e. The molecule has 0 bridgehead atoms. The lowest BCUT2D eigenvalue weighted by atomic mass is 10.0. The molecular weight excluding hydrogens is 462 g/mol. The van der Waals surface area contributed by atoms with Crippen LogP contribution in [0.25, 0.3) is 39.1 Å².